The van der Waals surface area contributed by atoms with Gasteiger partial charge in [0.15, 0.2) is 6.61 Å². The summed E-state index contributed by atoms with van der Waals surface area (Å²) in [6, 6.07) is 13.4. The van der Waals surface area contributed by atoms with Crippen LogP contribution in [-0.2, 0) is 14.3 Å². The molecule has 0 aliphatic carbocycles. The van der Waals surface area contributed by atoms with E-state index in [0.717, 1.165) is 10.6 Å². The second-order valence-electron chi connectivity index (χ2n) is 7.28. The second kappa shape index (κ2) is 8.81. The van der Waals surface area contributed by atoms with E-state index in [0.29, 0.717) is 24.3 Å². The van der Waals surface area contributed by atoms with E-state index in [1.54, 1.807) is 15.8 Å². The molecule has 1 amide bonds. The largest absolute Gasteiger partial charge is 0.452 e. The van der Waals surface area contributed by atoms with Crippen molar-refractivity contribution < 1.29 is 19.1 Å². The van der Waals surface area contributed by atoms with Gasteiger partial charge in [0.2, 0.25) is 0 Å². The van der Waals surface area contributed by atoms with Gasteiger partial charge in [-0.25, -0.2) is 9.48 Å². The molecule has 0 N–H and O–H groups in total. The Morgan fingerprint density at radius 1 is 1.13 bits per heavy atom. The number of ether oxygens (including phenoxy) is 2. The fourth-order valence-electron chi connectivity index (χ4n) is 3.51. The van der Waals surface area contributed by atoms with Gasteiger partial charge in [0.05, 0.1) is 22.8 Å². The molecule has 0 saturated carbocycles. The maximum Gasteiger partial charge on any atom is 0.342 e. The molecule has 1 fully saturated rings. The average molecular weight is 426 g/mol. The highest BCUT2D eigenvalue weighted by atomic mass is 32.1. The number of carbonyl (C=O) groups is 2. The van der Waals surface area contributed by atoms with E-state index in [1.165, 1.54) is 11.3 Å². The van der Waals surface area contributed by atoms with Gasteiger partial charge in [0.1, 0.15) is 11.3 Å². The van der Waals surface area contributed by atoms with Crippen LogP contribution in [-0.4, -0.2) is 58.5 Å². The number of aromatic nitrogens is 2. The number of hydrogen-bond acceptors (Lipinski definition) is 6. The average Bonchev–Trinajstić information content (AvgIpc) is 3.41. The molecule has 1 saturated heterocycles. The molecule has 30 heavy (non-hydrogen) atoms. The third kappa shape index (κ3) is 4.44. The first-order valence-corrected chi connectivity index (χ1v) is 10.7. The standard InChI is InChI=1S/C22H23N3O4S/c1-15-11-24(12-16(2)29-15)20(26)14-28-22(27)18-13-25(17-7-4-3-5-8-17)23-21(18)19-9-6-10-30-19/h3-10,13,15-16H,11-12,14H2,1-2H3. The van der Waals surface area contributed by atoms with Gasteiger partial charge in [-0.3, -0.25) is 4.79 Å². The Hall–Kier alpha value is -2.97. The number of thiophene rings is 1. The lowest BCUT2D eigenvalue weighted by Crippen LogP contribution is -2.49. The van der Waals surface area contributed by atoms with Crippen LogP contribution in [0.4, 0.5) is 0 Å². The predicted octanol–water partition coefficient (Wildman–Crippen LogP) is 3.39. The second-order valence-corrected chi connectivity index (χ2v) is 8.23. The van der Waals surface area contributed by atoms with Gasteiger partial charge in [0.25, 0.3) is 5.91 Å². The molecule has 2 aromatic heterocycles. The number of nitrogens with zero attached hydrogens (tertiary/aromatic N) is 3. The summed E-state index contributed by atoms with van der Waals surface area (Å²) in [7, 11) is 0. The highest BCUT2D eigenvalue weighted by Crippen LogP contribution is 2.28. The highest BCUT2D eigenvalue weighted by Gasteiger charge is 2.27. The van der Waals surface area contributed by atoms with Crippen LogP contribution in [0.3, 0.4) is 0 Å². The summed E-state index contributed by atoms with van der Waals surface area (Å²) in [5.74, 6) is -0.790. The first kappa shape index (κ1) is 20.3. The third-order valence-corrected chi connectivity index (χ3v) is 5.69. The molecule has 3 aromatic rings. The number of benzene rings is 1. The van der Waals surface area contributed by atoms with E-state index in [4.69, 9.17) is 9.47 Å². The van der Waals surface area contributed by atoms with Crippen LogP contribution >= 0.6 is 11.3 Å². The van der Waals surface area contributed by atoms with Crippen LogP contribution in [0, 0.1) is 0 Å². The van der Waals surface area contributed by atoms with E-state index < -0.39 is 5.97 Å². The lowest BCUT2D eigenvalue weighted by atomic mass is 10.2. The number of amides is 1. The van der Waals surface area contributed by atoms with Crippen molar-refractivity contribution in [3.8, 4) is 16.3 Å². The van der Waals surface area contributed by atoms with Crippen molar-refractivity contribution in [2.75, 3.05) is 19.7 Å². The van der Waals surface area contributed by atoms with Gasteiger partial charge in [-0.2, -0.15) is 5.10 Å². The highest BCUT2D eigenvalue weighted by molar-refractivity contribution is 7.13. The van der Waals surface area contributed by atoms with Gasteiger partial charge < -0.3 is 14.4 Å². The normalized spacial score (nSPS) is 18.9. The molecule has 3 heterocycles. The topological polar surface area (TPSA) is 73.7 Å². The number of rotatable bonds is 5. The Kier molecular flexibility index (Phi) is 5.96. The number of hydrogen-bond donors (Lipinski definition) is 0. The zero-order valence-corrected chi connectivity index (χ0v) is 17.7. The van der Waals surface area contributed by atoms with Crippen molar-refractivity contribution >= 4 is 23.2 Å². The van der Waals surface area contributed by atoms with Gasteiger partial charge in [-0.15, -0.1) is 11.3 Å². The minimum absolute atomic E-state index is 0.0389. The van der Waals surface area contributed by atoms with Crippen LogP contribution in [0.15, 0.2) is 54.0 Å². The maximum atomic E-state index is 12.9. The van der Waals surface area contributed by atoms with Crippen LogP contribution in [0.1, 0.15) is 24.2 Å². The minimum atomic E-state index is -0.566. The molecule has 0 spiro atoms. The van der Waals surface area contributed by atoms with E-state index in [2.05, 4.69) is 5.10 Å². The lowest BCUT2D eigenvalue weighted by Gasteiger charge is -2.35. The van der Waals surface area contributed by atoms with Crippen molar-refractivity contribution in [3.05, 3.63) is 59.6 Å². The number of para-hydroxylation sites is 1. The quantitative estimate of drug-likeness (QED) is 0.586. The fourth-order valence-corrected chi connectivity index (χ4v) is 4.23. The summed E-state index contributed by atoms with van der Waals surface area (Å²) < 4.78 is 12.7. The van der Waals surface area contributed by atoms with Gasteiger partial charge in [-0.1, -0.05) is 24.3 Å². The molecule has 1 aliphatic rings. The predicted molar refractivity (Wildman–Crippen MR) is 114 cm³/mol. The van der Waals surface area contributed by atoms with Crippen LogP contribution in [0.5, 0.6) is 0 Å². The van der Waals surface area contributed by atoms with Gasteiger partial charge in [-0.05, 0) is 37.4 Å². The zero-order chi connectivity index (χ0) is 21.1. The molecular formula is C22H23N3O4S. The SMILES string of the molecule is CC1CN(C(=O)COC(=O)c2cn(-c3ccccc3)nc2-c2cccs2)CC(C)O1. The van der Waals surface area contributed by atoms with Crippen molar-refractivity contribution in [3.63, 3.8) is 0 Å². The van der Waals surface area contributed by atoms with Gasteiger partial charge >= 0.3 is 5.97 Å². The van der Waals surface area contributed by atoms with Crippen LogP contribution < -0.4 is 0 Å². The molecule has 4 rings (SSSR count). The maximum absolute atomic E-state index is 12.9. The van der Waals surface area contributed by atoms with Crippen molar-refractivity contribution in [1.29, 1.82) is 0 Å². The minimum Gasteiger partial charge on any atom is -0.452 e. The molecule has 1 aromatic carbocycles. The first-order valence-electron chi connectivity index (χ1n) is 9.80. The molecule has 156 valence electrons. The first-order chi connectivity index (χ1) is 14.5. The summed E-state index contributed by atoms with van der Waals surface area (Å²) in [4.78, 5) is 27.9. The summed E-state index contributed by atoms with van der Waals surface area (Å²) >= 11 is 1.49. The van der Waals surface area contributed by atoms with Crippen LogP contribution in [0.2, 0.25) is 0 Å². The number of morpholine rings is 1. The Morgan fingerprint density at radius 3 is 2.53 bits per heavy atom. The van der Waals surface area contributed by atoms with Crippen LogP contribution in [0.25, 0.3) is 16.3 Å². The summed E-state index contributed by atoms with van der Waals surface area (Å²) in [5, 5.41) is 6.52. The monoisotopic (exact) mass is 425 g/mol. The zero-order valence-electron chi connectivity index (χ0n) is 16.9. The molecule has 2 unspecified atom stereocenters. The van der Waals surface area contributed by atoms with E-state index in [-0.39, 0.29) is 24.7 Å². The van der Waals surface area contributed by atoms with Crippen molar-refractivity contribution in [2.45, 2.75) is 26.1 Å². The molecule has 0 radical (unpaired) electrons. The summed E-state index contributed by atoms with van der Waals surface area (Å²) in [6.07, 6.45) is 1.57. The molecular weight excluding hydrogens is 402 g/mol. The summed E-state index contributed by atoms with van der Waals surface area (Å²) in [5.41, 5.74) is 1.71. The third-order valence-electron chi connectivity index (χ3n) is 4.81. The molecule has 1 aliphatic heterocycles. The Labute approximate surface area is 178 Å². The van der Waals surface area contributed by atoms with E-state index >= 15 is 0 Å². The van der Waals surface area contributed by atoms with E-state index in [9.17, 15) is 9.59 Å². The fraction of sp³-hybridized carbons (Fsp3) is 0.318. The smallest absolute Gasteiger partial charge is 0.342 e. The van der Waals surface area contributed by atoms with E-state index in [1.807, 2.05) is 61.7 Å². The lowest BCUT2D eigenvalue weighted by molar-refractivity contribution is -0.146. The number of esters is 1. The van der Waals surface area contributed by atoms with Crippen molar-refractivity contribution in [1.82, 2.24) is 14.7 Å². The molecule has 8 heteroatoms. The Balaban J connectivity index is 1.52. The van der Waals surface area contributed by atoms with Gasteiger partial charge in [0, 0.05) is 19.3 Å². The summed E-state index contributed by atoms with van der Waals surface area (Å²) in [6.45, 7) is 4.53. The molecule has 7 nitrogen and oxygen atoms in total. The Bertz CT molecular complexity index is 1010. The number of carbonyl (C=O) groups excluding carboxylic acids is 2. The molecule has 2 atom stereocenters. The van der Waals surface area contributed by atoms with Crippen molar-refractivity contribution in [2.24, 2.45) is 0 Å². The molecule has 0 bridgehead atoms. The Morgan fingerprint density at radius 2 is 1.87 bits per heavy atom.